The fraction of sp³-hybridized carbons (Fsp3) is 0.222. The average molecular weight is 424 g/mol. The van der Waals surface area contributed by atoms with E-state index in [1.807, 2.05) is 18.7 Å². The van der Waals surface area contributed by atoms with Gasteiger partial charge in [0.1, 0.15) is 4.83 Å². The minimum absolute atomic E-state index is 0.287. The van der Waals surface area contributed by atoms with Gasteiger partial charge in [0, 0.05) is 29.7 Å². The molecule has 0 atom stereocenters. The Hall–Kier alpha value is -2.46. The number of nitrogens with zero attached hydrogens (tertiary/aromatic N) is 4. The fourth-order valence-electron chi connectivity index (χ4n) is 3.02. The molecule has 0 saturated heterocycles. The molecule has 0 radical (unpaired) electrons. The van der Waals surface area contributed by atoms with Crippen molar-refractivity contribution in [2.75, 3.05) is 12.5 Å². The minimum atomic E-state index is -4.40. The van der Waals surface area contributed by atoms with Crippen LogP contribution in [0.1, 0.15) is 15.2 Å². The number of carbonyl (C=O) groups excluding carboxylic acids is 1. The van der Waals surface area contributed by atoms with E-state index < -0.39 is 11.7 Å². The quantitative estimate of drug-likeness (QED) is 0.464. The van der Waals surface area contributed by atoms with Crippen molar-refractivity contribution in [1.29, 1.82) is 0 Å². The van der Waals surface area contributed by atoms with Gasteiger partial charge in [0.2, 0.25) is 0 Å². The van der Waals surface area contributed by atoms with Crippen LogP contribution in [0.4, 0.5) is 13.2 Å². The van der Waals surface area contributed by atoms with E-state index in [2.05, 4.69) is 9.46 Å². The van der Waals surface area contributed by atoms with Gasteiger partial charge in [-0.25, -0.2) is 0 Å². The Labute approximate surface area is 164 Å². The van der Waals surface area contributed by atoms with Gasteiger partial charge in [-0.1, -0.05) is 10.7 Å². The van der Waals surface area contributed by atoms with Gasteiger partial charge in [0.15, 0.2) is 5.65 Å². The number of thiophene rings is 1. The van der Waals surface area contributed by atoms with Gasteiger partial charge < -0.3 is 0 Å². The molecule has 3 heterocycles. The predicted molar refractivity (Wildman–Crippen MR) is 106 cm³/mol. The van der Waals surface area contributed by atoms with Gasteiger partial charge in [-0.15, -0.1) is 11.3 Å². The Kier molecular flexibility index (Phi) is 4.42. The van der Waals surface area contributed by atoms with Crippen LogP contribution in [0.15, 0.2) is 40.9 Å². The van der Waals surface area contributed by atoms with Crippen molar-refractivity contribution in [3.63, 3.8) is 0 Å². The second-order valence-corrected chi connectivity index (χ2v) is 9.18. The van der Waals surface area contributed by atoms with Crippen molar-refractivity contribution in [1.82, 2.24) is 14.3 Å². The van der Waals surface area contributed by atoms with Crippen LogP contribution < -0.4 is 0 Å². The van der Waals surface area contributed by atoms with Crippen molar-refractivity contribution < 1.29 is 18.0 Å². The summed E-state index contributed by atoms with van der Waals surface area (Å²) in [5.41, 5.74) is 0.469. The molecule has 10 heteroatoms. The van der Waals surface area contributed by atoms with Crippen molar-refractivity contribution in [3.05, 3.63) is 47.0 Å². The Balaban J connectivity index is 1.94. The summed E-state index contributed by atoms with van der Waals surface area (Å²) in [5, 5.41) is 6.12. The minimum Gasteiger partial charge on any atom is -0.283 e. The second-order valence-electron chi connectivity index (χ2n) is 6.42. The van der Waals surface area contributed by atoms with Crippen molar-refractivity contribution in [2.45, 2.75) is 6.18 Å². The number of halogens is 3. The molecule has 4 rings (SSSR count). The maximum atomic E-state index is 12.9. The summed E-state index contributed by atoms with van der Waals surface area (Å²) in [7, 11) is 1.40. The summed E-state index contributed by atoms with van der Waals surface area (Å²) in [6, 6.07) is 6.70. The van der Waals surface area contributed by atoms with Crippen LogP contribution in [-0.4, -0.2) is 32.8 Å². The van der Waals surface area contributed by atoms with E-state index in [4.69, 9.17) is 0 Å². The first kappa shape index (κ1) is 18.9. The van der Waals surface area contributed by atoms with Gasteiger partial charge in [-0.05, 0) is 42.8 Å². The smallest absolute Gasteiger partial charge is 0.283 e. The molecule has 0 bridgehead atoms. The number of fused-ring (bicyclic) bond motifs is 3. The summed E-state index contributed by atoms with van der Waals surface area (Å²) in [5.74, 6) is -0.287. The van der Waals surface area contributed by atoms with E-state index in [1.54, 1.807) is 22.4 Å². The third kappa shape index (κ3) is 3.16. The van der Waals surface area contributed by atoms with E-state index >= 15 is 0 Å². The first-order chi connectivity index (χ1) is 13.1. The van der Waals surface area contributed by atoms with Crippen LogP contribution in [-0.2, 0) is 23.9 Å². The number of alkyl halides is 3. The highest BCUT2D eigenvalue weighted by molar-refractivity contribution is 7.86. The van der Waals surface area contributed by atoms with Gasteiger partial charge >= 0.3 is 6.18 Å². The number of amides is 1. The molecule has 0 aliphatic rings. The van der Waals surface area contributed by atoms with Crippen LogP contribution in [0.25, 0.3) is 26.9 Å². The molecule has 1 aromatic carbocycles. The summed E-state index contributed by atoms with van der Waals surface area (Å²) >= 11 is 1.27. The van der Waals surface area contributed by atoms with Crippen LogP contribution >= 0.6 is 11.3 Å². The molecule has 5 nitrogen and oxygen atoms in total. The molecule has 146 valence electrons. The van der Waals surface area contributed by atoms with E-state index in [9.17, 15) is 18.0 Å². The van der Waals surface area contributed by atoms with E-state index in [1.165, 1.54) is 23.5 Å². The Morgan fingerprint density at radius 2 is 1.86 bits per heavy atom. The molecular weight excluding hydrogens is 409 g/mol. The maximum absolute atomic E-state index is 12.9. The highest BCUT2D eigenvalue weighted by atomic mass is 32.2. The molecule has 0 fully saturated rings. The fourth-order valence-corrected chi connectivity index (χ4v) is 4.59. The third-order valence-corrected chi connectivity index (χ3v) is 5.80. The lowest BCUT2D eigenvalue weighted by Crippen LogP contribution is -2.05. The lowest BCUT2D eigenvalue weighted by Gasteiger charge is -2.09. The second kappa shape index (κ2) is 6.56. The average Bonchev–Trinajstić information content (AvgIpc) is 3.24. The normalized spacial score (nSPS) is 12.4. The topological polar surface area (TPSA) is 52.2 Å². The summed E-state index contributed by atoms with van der Waals surface area (Å²) in [6.07, 6.45) is 1.15. The lowest BCUT2D eigenvalue weighted by atomic mass is 10.2. The first-order valence-electron chi connectivity index (χ1n) is 8.14. The van der Waals surface area contributed by atoms with Crippen LogP contribution in [0, 0.1) is 0 Å². The van der Waals surface area contributed by atoms with Crippen molar-refractivity contribution in [3.8, 4) is 5.69 Å². The molecule has 0 aliphatic carbocycles. The largest absolute Gasteiger partial charge is 0.416 e. The van der Waals surface area contributed by atoms with E-state index in [-0.39, 0.29) is 16.6 Å². The predicted octanol–water partition coefficient (Wildman–Crippen LogP) is 4.80. The highest BCUT2D eigenvalue weighted by Crippen LogP contribution is 2.38. The third-order valence-electron chi connectivity index (χ3n) is 4.16. The molecule has 0 spiro atoms. The molecule has 3 aromatic heterocycles. The van der Waals surface area contributed by atoms with Gasteiger partial charge in [-0.3, -0.25) is 14.0 Å². The zero-order valence-electron chi connectivity index (χ0n) is 15.1. The molecule has 4 aromatic rings. The number of aryl methyl sites for hydroxylation is 1. The van der Waals surface area contributed by atoms with Crippen molar-refractivity contribution >= 4 is 49.2 Å². The Bertz CT molecular complexity index is 1240. The maximum Gasteiger partial charge on any atom is 0.416 e. The zero-order valence-corrected chi connectivity index (χ0v) is 16.7. The summed E-state index contributed by atoms with van der Waals surface area (Å²) < 4.78 is 46.2. The van der Waals surface area contributed by atoms with Gasteiger partial charge in [0.25, 0.3) is 5.91 Å². The monoisotopic (exact) mass is 424 g/mol. The molecule has 0 aliphatic heterocycles. The molecule has 28 heavy (non-hydrogen) atoms. The summed E-state index contributed by atoms with van der Waals surface area (Å²) in [6.45, 7) is 0. The van der Waals surface area contributed by atoms with Crippen LogP contribution in [0.2, 0.25) is 0 Å². The van der Waals surface area contributed by atoms with E-state index in [0.717, 1.165) is 27.7 Å². The van der Waals surface area contributed by atoms with Gasteiger partial charge in [-0.2, -0.15) is 22.6 Å². The highest BCUT2D eigenvalue weighted by Gasteiger charge is 2.30. The molecule has 0 N–H and O–H groups in total. The van der Waals surface area contributed by atoms with Crippen LogP contribution in [0.5, 0.6) is 0 Å². The molecule has 1 amide bonds. The van der Waals surface area contributed by atoms with Gasteiger partial charge in [0.05, 0.1) is 10.4 Å². The lowest BCUT2D eigenvalue weighted by molar-refractivity contribution is -0.137. The molecule has 0 saturated carbocycles. The van der Waals surface area contributed by atoms with Crippen molar-refractivity contribution in [2.24, 2.45) is 11.4 Å². The van der Waals surface area contributed by atoms with Crippen LogP contribution in [0.3, 0.4) is 0 Å². The number of benzene rings is 1. The zero-order chi connectivity index (χ0) is 20.2. The number of aromatic nitrogens is 3. The number of hydrogen-bond acceptors (Lipinski definition) is 3. The Morgan fingerprint density at radius 1 is 1.18 bits per heavy atom. The standard InChI is InChI=1S/C18H15F3N4OS2/c1-24-9-13-12-8-14(16(26)23-28(2)3)27-17(12)25(15(13)22-24)11-6-4-10(5-7-11)18(19,20)21/h4-9H,1-3H3. The number of rotatable bonds is 2. The number of hydrogen-bond donors (Lipinski definition) is 0. The Morgan fingerprint density at radius 3 is 2.46 bits per heavy atom. The first-order valence-corrected chi connectivity index (χ1v) is 11.0. The molecular formula is C18H15F3N4OS2. The summed E-state index contributed by atoms with van der Waals surface area (Å²) in [4.78, 5) is 13.6. The number of carbonyl (C=O) groups is 1. The SMILES string of the molecule is Cn1cc2c3cc(C(=O)N=S(C)C)sc3n(-c3ccc(C(F)(F)F)cc3)c2n1. The van der Waals surface area contributed by atoms with E-state index in [0.29, 0.717) is 16.2 Å². The molecule has 0 unspecified atom stereocenters.